The van der Waals surface area contributed by atoms with E-state index < -0.39 is 17.7 Å². The predicted octanol–water partition coefficient (Wildman–Crippen LogP) is 2.53. The van der Waals surface area contributed by atoms with E-state index in [1.807, 2.05) is 0 Å². The monoisotopic (exact) mass is 330 g/mol. The molecule has 2 N–H and O–H groups in total. The fourth-order valence-corrected chi connectivity index (χ4v) is 2.38. The molecule has 0 aliphatic carbocycles. The number of rotatable bonds is 2. The largest absolute Gasteiger partial charge is 0.481 e. The third-order valence-electron chi connectivity index (χ3n) is 3.00. The molecule has 0 spiro atoms. The lowest BCUT2D eigenvalue weighted by atomic mass is 10.1. The van der Waals surface area contributed by atoms with Crippen molar-refractivity contribution in [2.45, 2.75) is 6.42 Å². The Balaban J connectivity index is 2.00. The molecule has 19 heavy (non-hydrogen) atoms. The van der Waals surface area contributed by atoms with Crippen molar-refractivity contribution in [3.05, 3.63) is 28.5 Å². The van der Waals surface area contributed by atoms with Crippen LogP contribution in [0.3, 0.4) is 0 Å². The molecule has 2 amide bonds. The zero-order valence-electron chi connectivity index (χ0n) is 9.90. The zero-order chi connectivity index (χ0) is 14.0. The van der Waals surface area contributed by atoms with Gasteiger partial charge in [-0.2, -0.15) is 0 Å². The highest BCUT2D eigenvalue weighted by Crippen LogP contribution is 2.24. The number of nitrogens with one attached hydrogen (secondary N) is 1. The van der Waals surface area contributed by atoms with Crippen molar-refractivity contribution < 1.29 is 19.1 Å². The van der Waals surface area contributed by atoms with Crippen LogP contribution in [0, 0.1) is 11.7 Å². The van der Waals surface area contributed by atoms with Crippen LogP contribution >= 0.6 is 15.9 Å². The smallest absolute Gasteiger partial charge is 0.321 e. The van der Waals surface area contributed by atoms with E-state index in [0.29, 0.717) is 23.1 Å². The first-order valence-electron chi connectivity index (χ1n) is 5.71. The summed E-state index contributed by atoms with van der Waals surface area (Å²) in [6.07, 6.45) is 0.452. The van der Waals surface area contributed by atoms with Crippen LogP contribution in [0.5, 0.6) is 0 Å². The number of carbonyl (C=O) groups is 2. The number of aliphatic carboxylic acids is 1. The molecule has 0 aromatic heterocycles. The number of likely N-dealkylation sites (tertiary alicyclic amines) is 1. The summed E-state index contributed by atoms with van der Waals surface area (Å²) >= 11 is 3.15. The predicted molar refractivity (Wildman–Crippen MR) is 70.4 cm³/mol. The van der Waals surface area contributed by atoms with Gasteiger partial charge in [-0.15, -0.1) is 0 Å². The molecule has 0 bridgehead atoms. The number of nitrogens with zero attached hydrogens (tertiary/aromatic N) is 1. The Kier molecular flexibility index (Phi) is 4.04. The summed E-state index contributed by atoms with van der Waals surface area (Å²) < 4.78 is 13.3. The number of halogens is 2. The van der Waals surface area contributed by atoms with Gasteiger partial charge in [0.25, 0.3) is 0 Å². The molecule has 1 atom stereocenters. The molecule has 102 valence electrons. The van der Waals surface area contributed by atoms with Crippen molar-refractivity contribution in [2.75, 3.05) is 18.4 Å². The number of carboxylic acid groups (broad SMARTS) is 1. The van der Waals surface area contributed by atoms with Gasteiger partial charge in [-0.1, -0.05) is 0 Å². The first-order valence-corrected chi connectivity index (χ1v) is 6.50. The van der Waals surface area contributed by atoms with Crippen LogP contribution in [0.15, 0.2) is 22.7 Å². The third kappa shape index (κ3) is 3.23. The van der Waals surface area contributed by atoms with E-state index in [-0.39, 0.29) is 12.6 Å². The van der Waals surface area contributed by atoms with Gasteiger partial charge >= 0.3 is 12.0 Å². The molecule has 1 aliphatic heterocycles. The van der Waals surface area contributed by atoms with E-state index in [9.17, 15) is 14.0 Å². The second kappa shape index (κ2) is 5.56. The summed E-state index contributed by atoms with van der Waals surface area (Å²) in [7, 11) is 0. The van der Waals surface area contributed by atoms with Crippen LogP contribution in [-0.2, 0) is 4.79 Å². The molecule has 7 heteroatoms. The third-order valence-corrected chi connectivity index (χ3v) is 3.65. The SMILES string of the molecule is O=C(O)C1CCN(C(=O)Nc2ccc(F)cc2Br)C1. The average Bonchev–Trinajstić information content (AvgIpc) is 2.82. The number of anilines is 1. The Hall–Kier alpha value is -1.63. The van der Waals surface area contributed by atoms with Crippen molar-refractivity contribution in [2.24, 2.45) is 5.92 Å². The quantitative estimate of drug-likeness (QED) is 0.875. The van der Waals surface area contributed by atoms with Crippen molar-refractivity contribution in [3.63, 3.8) is 0 Å². The number of benzene rings is 1. The molecule has 1 unspecified atom stereocenters. The van der Waals surface area contributed by atoms with Crippen LogP contribution in [0.1, 0.15) is 6.42 Å². The van der Waals surface area contributed by atoms with Gasteiger partial charge in [0.05, 0.1) is 11.6 Å². The molecule has 0 saturated carbocycles. The summed E-state index contributed by atoms with van der Waals surface area (Å²) in [5.41, 5.74) is 0.449. The summed E-state index contributed by atoms with van der Waals surface area (Å²) in [6, 6.07) is 3.56. The second-order valence-electron chi connectivity index (χ2n) is 4.32. The Bertz CT molecular complexity index is 524. The lowest BCUT2D eigenvalue weighted by molar-refractivity contribution is -0.141. The second-order valence-corrected chi connectivity index (χ2v) is 5.18. The van der Waals surface area contributed by atoms with E-state index in [1.165, 1.54) is 23.1 Å². The lowest BCUT2D eigenvalue weighted by Crippen LogP contribution is -2.33. The van der Waals surface area contributed by atoms with E-state index >= 15 is 0 Å². The first-order chi connectivity index (χ1) is 8.97. The molecule has 1 aliphatic rings. The highest BCUT2D eigenvalue weighted by molar-refractivity contribution is 9.10. The molecule has 5 nitrogen and oxygen atoms in total. The van der Waals surface area contributed by atoms with Gasteiger partial charge in [0, 0.05) is 17.6 Å². The molecule has 1 fully saturated rings. The van der Waals surface area contributed by atoms with Crippen LogP contribution in [0.4, 0.5) is 14.9 Å². The molecular formula is C12H12BrFN2O3. The average molecular weight is 331 g/mol. The number of urea groups is 1. The van der Waals surface area contributed by atoms with Crippen LogP contribution < -0.4 is 5.32 Å². The highest BCUT2D eigenvalue weighted by atomic mass is 79.9. The lowest BCUT2D eigenvalue weighted by Gasteiger charge is -2.17. The molecule has 1 heterocycles. The van der Waals surface area contributed by atoms with Gasteiger partial charge in [0.15, 0.2) is 0 Å². The minimum Gasteiger partial charge on any atom is -0.481 e. The van der Waals surface area contributed by atoms with E-state index in [1.54, 1.807) is 0 Å². The summed E-state index contributed by atoms with van der Waals surface area (Å²) in [6.45, 7) is 0.599. The standard InChI is InChI=1S/C12H12BrFN2O3/c13-9-5-8(14)1-2-10(9)15-12(19)16-4-3-7(6-16)11(17)18/h1-2,5,7H,3-4,6H2,(H,15,19)(H,17,18). The number of hydrogen-bond donors (Lipinski definition) is 2. The van der Waals surface area contributed by atoms with Gasteiger partial charge in [0.1, 0.15) is 5.82 Å². The first kappa shape index (κ1) is 13.8. The molecule has 1 aromatic carbocycles. The molecule has 2 rings (SSSR count). The molecule has 1 saturated heterocycles. The Morgan fingerprint density at radius 2 is 2.21 bits per heavy atom. The summed E-state index contributed by atoms with van der Waals surface area (Å²) in [5, 5.41) is 11.5. The van der Waals surface area contributed by atoms with Crippen LogP contribution in [-0.4, -0.2) is 35.1 Å². The number of amides is 2. The molecule has 0 radical (unpaired) electrons. The Morgan fingerprint density at radius 1 is 1.47 bits per heavy atom. The van der Waals surface area contributed by atoms with Gasteiger partial charge in [0.2, 0.25) is 0 Å². The fraction of sp³-hybridized carbons (Fsp3) is 0.333. The van der Waals surface area contributed by atoms with E-state index in [2.05, 4.69) is 21.2 Å². The zero-order valence-corrected chi connectivity index (χ0v) is 11.5. The fourth-order valence-electron chi connectivity index (χ4n) is 1.93. The van der Waals surface area contributed by atoms with E-state index in [0.717, 1.165) is 0 Å². The van der Waals surface area contributed by atoms with Crippen molar-refractivity contribution in [1.82, 2.24) is 4.90 Å². The highest BCUT2D eigenvalue weighted by Gasteiger charge is 2.30. The van der Waals surface area contributed by atoms with Crippen LogP contribution in [0.2, 0.25) is 0 Å². The van der Waals surface area contributed by atoms with Crippen molar-refractivity contribution in [3.8, 4) is 0 Å². The Labute approximate surface area is 117 Å². The minimum absolute atomic E-state index is 0.194. The summed E-state index contributed by atoms with van der Waals surface area (Å²) in [4.78, 5) is 24.2. The van der Waals surface area contributed by atoms with E-state index in [4.69, 9.17) is 5.11 Å². The number of carbonyl (C=O) groups excluding carboxylic acids is 1. The van der Waals surface area contributed by atoms with Crippen molar-refractivity contribution in [1.29, 1.82) is 0 Å². The Morgan fingerprint density at radius 3 is 2.79 bits per heavy atom. The number of carboxylic acids is 1. The van der Waals surface area contributed by atoms with Gasteiger partial charge in [-0.3, -0.25) is 4.79 Å². The van der Waals surface area contributed by atoms with Crippen LogP contribution in [0.25, 0.3) is 0 Å². The molecular weight excluding hydrogens is 319 g/mol. The maximum Gasteiger partial charge on any atom is 0.321 e. The van der Waals surface area contributed by atoms with Gasteiger partial charge < -0.3 is 15.3 Å². The van der Waals surface area contributed by atoms with Gasteiger partial charge in [-0.25, -0.2) is 9.18 Å². The molecule has 1 aromatic rings. The van der Waals surface area contributed by atoms with Crippen molar-refractivity contribution >= 4 is 33.6 Å². The topological polar surface area (TPSA) is 69.6 Å². The number of hydrogen-bond acceptors (Lipinski definition) is 2. The van der Waals surface area contributed by atoms with Gasteiger partial charge in [-0.05, 0) is 40.5 Å². The maximum absolute atomic E-state index is 12.9. The normalized spacial score (nSPS) is 18.4. The minimum atomic E-state index is -0.890. The summed E-state index contributed by atoms with van der Waals surface area (Å²) in [5.74, 6) is -1.81. The maximum atomic E-state index is 12.9.